The van der Waals surface area contributed by atoms with Gasteiger partial charge >= 0.3 is 0 Å². The Labute approximate surface area is 212 Å². The van der Waals surface area contributed by atoms with Crippen LogP contribution in [0.4, 0.5) is 5.69 Å². The SMILES string of the molecule is CC(=O)NC1CC2(CCN(C3CCc4cc(C#N)ccc4C3)CC2)Oc2ccc(NS(C)(=O)=O)cc21. The van der Waals surface area contributed by atoms with E-state index in [9.17, 15) is 18.5 Å². The maximum atomic E-state index is 12.0. The van der Waals surface area contributed by atoms with Crippen molar-refractivity contribution in [3.05, 3.63) is 58.7 Å². The fourth-order valence-electron chi connectivity index (χ4n) is 6.04. The topological polar surface area (TPSA) is 112 Å². The van der Waals surface area contributed by atoms with Gasteiger partial charge < -0.3 is 10.1 Å². The average molecular weight is 509 g/mol. The number of aryl methyl sites for hydroxylation is 1. The Hall–Kier alpha value is -3.09. The Bertz CT molecular complexity index is 1330. The number of nitriles is 1. The summed E-state index contributed by atoms with van der Waals surface area (Å²) < 4.78 is 32.5. The van der Waals surface area contributed by atoms with E-state index in [4.69, 9.17) is 4.74 Å². The lowest BCUT2D eigenvalue weighted by Crippen LogP contribution is -2.54. The van der Waals surface area contributed by atoms with Gasteiger partial charge in [-0.25, -0.2) is 8.42 Å². The molecule has 2 unspecified atom stereocenters. The van der Waals surface area contributed by atoms with Crippen LogP contribution >= 0.6 is 0 Å². The highest BCUT2D eigenvalue weighted by Gasteiger charge is 2.44. The van der Waals surface area contributed by atoms with Crippen LogP contribution in [-0.2, 0) is 27.7 Å². The van der Waals surface area contributed by atoms with Crippen molar-refractivity contribution in [2.24, 2.45) is 0 Å². The van der Waals surface area contributed by atoms with Gasteiger partial charge in [-0.05, 0) is 73.6 Å². The quantitative estimate of drug-likeness (QED) is 0.656. The van der Waals surface area contributed by atoms with E-state index in [0.717, 1.165) is 62.6 Å². The Morgan fingerprint density at radius 1 is 1.17 bits per heavy atom. The number of nitrogens with one attached hydrogen (secondary N) is 2. The molecular formula is C27H32N4O4S. The predicted molar refractivity (Wildman–Crippen MR) is 137 cm³/mol. The molecule has 1 aliphatic carbocycles. The molecular weight excluding hydrogens is 476 g/mol. The minimum Gasteiger partial charge on any atom is -0.487 e. The van der Waals surface area contributed by atoms with E-state index in [0.29, 0.717) is 23.9 Å². The predicted octanol–water partition coefficient (Wildman–Crippen LogP) is 3.28. The summed E-state index contributed by atoms with van der Waals surface area (Å²) in [7, 11) is -3.41. The van der Waals surface area contributed by atoms with Crippen LogP contribution in [0.2, 0.25) is 0 Å². The molecule has 0 radical (unpaired) electrons. The maximum Gasteiger partial charge on any atom is 0.229 e. The van der Waals surface area contributed by atoms with Gasteiger partial charge in [0.25, 0.3) is 0 Å². The van der Waals surface area contributed by atoms with Gasteiger partial charge in [0.05, 0.1) is 23.9 Å². The number of nitrogens with zero attached hydrogens (tertiary/aromatic N) is 2. The fourth-order valence-corrected chi connectivity index (χ4v) is 6.60. The smallest absolute Gasteiger partial charge is 0.229 e. The Balaban J connectivity index is 1.30. The van der Waals surface area contributed by atoms with Crippen LogP contribution in [-0.4, -0.2) is 50.2 Å². The van der Waals surface area contributed by atoms with E-state index in [1.165, 1.54) is 18.1 Å². The zero-order valence-corrected chi connectivity index (χ0v) is 21.5. The van der Waals surface area contributed by atoms with Crippen LogP contribution in [0, 0.1) is 11.3 Å². The number of hydrogen-bond acceptors (Lipinski definition) is 6. The number of fused-ring (bicyclic) bond motifs is 2. The van der Waals surface area contributed by atoms with Crippen LogP contribution in [0.5, 0.6) is 5.75 Å². The molecule has 1 amide bonds. The van der Waals surface area contributed by atoms with Crippen molar-refractivity contribution >= 4 is 21.6 Å². The molecule has 2 aromatic carbocycles. The first kappa shape index (κ1) is 24.6. The van der Waals surface area contributed by atoms with Crippen molar-refractivity contribution in [3.63, 3.8) is 0 Å². The van der Waals surface area contributed by atoms with Crippen LogP contribution < -0.4 is 14.8 Å². The third-order valence-electron chi connectivity index (χ3n) is 7.73. The molecule has 2 aliphatic heterocycles. The first-order chi connectivity index (χ1) is 17.1. The van der Waals surface area contributed by atoms with Gasteiger partial charge in [0.1, 0.15) is 11.4 Å². The summed E-state index contributed by atoms with van der Waals surface area (Å²) in [6, 6.07) is 13.8. The monoisotopic (exact) mass is 508 g/mol. The lowest BCUT2D eigenvalue weighted by molar-refractivity contribution is -0.120. The molecule has 0 aromatic heterocycles. The highest BCUT2D eigenvalue weighted by Crippen LogP contribution is 2.45. The molecule has 2 heterocycles. The number of rotatable bonds is 4. The number of ether oxygens (including phenoxy) is 1. The number of hydrogen-bond donors (Lipinski definition) is 2. The molecule has 2 aromatic rings. The highest BCUT2D eigenvalue weighted by atomic mass is 32.2. The molecule has 2 N–H and O–H groups in total. The standard InChI is InChI=1S/C27H32N4O4S/c1-18(32)29-25-16-27(35-26-8-6-22(15-24(25)26)30-36(2,33)34)9-11-31(12-10-27)23-7-5-20-13-19(17-28)3-4-21(20)14-23/h3-4,6,8,13,15,23,25,30H,5,7,9-12,14,16H2,1-2H3,(H,29,32). The van der Waals surface area contributed by atoms with E-state index in [1.807, 2.05) is 12.1 Å². The van der Waals surface area contributed by atoms with Gasteiger partial charge in [-0.3, -0.25) is 14.4 Å². The molecule has 1 fully saturated rings. The van der Waals surface area contributed by atoms with Crippen molar-refractivity contribution < 1.29 is 17.9 Å². The number of piperidine rings is 1. The Morgan fingerprint density at radius 3 is 2.64 bits per heavy atom. The summed E-state index contributed by atoms with van der Waals surface area (Å²) in [6.07, 6.45) is 6.58. The fraction of sp³-hybridized carbons (Fsp3) is 0.481. The summed E-state index contributed by atoms with van der Waals surface area (Å²) in [6.45, 7) is 3.35. The Kier molecular flexibility index (Phi) is 6.43. The highest BCUT2D eigenvalue weighted by molar-refractivity contribution is 7.92. The molecule has 5 rings (SSSR count). The molecule has 190 valence electrons. The van der Waals surface area contributed by atoms with E-state index in [2.05, 4.69) is 27.1 Å². The largest absolute Gasteiger partial charge is 0.487 e. The van der Waals surface area contributed by atoms with Gasteiger partial charge in [0, 0.05) is 43.7 Å². The third kappa shape index (κ3) is 5.20. The zero-order valence-electron chi connectivity index (χ0n) is 20.7. The zero-order chi connectivity index (χ0) is 25.5. The third-order valence-corrected chi connectivity index (χ3v) is 8.34. The normalized spacial score (nSPS) is 23.0. The molecule has 3 aliphatic rings. The first-order valence-electron chi connectivity index (χ1n) is 12.5. The summed E-state index contributed by atoms with van der Waals surface area (Å²) in [5.74, 6) is 0.578. The molecule has 0 saturated carbocycles. The van der Waals surface area contributed by atoms with Crippen LogP contribution in [0.1, 0.15) is 60.9 Å². The van der Waals surface area contributed by atoms with Crippen molar-refractivity contribution in [1.82, 2.24) is 10.2 Å². The Morgan fingerprint density at radius 2 is 1.94 bits per heavy atom. The van der Waals surface area contributed by atoms with Gasteiger partial charge in [-0.2, -0.15) is 5.26 Å². The minimum absolute atomic E-state index is 0.123. The van der Waals surface area contributed by atoms with E-state index < -0.39 is 10.0 Å². The van der Waals surface area contributed by atoms with Crippen LogP contribution in [0.15, 0.2) is 36.4 Å². The lowest BCUT2D eigenvalue weighted by Gasteiger charge is -2.49. The minimum atomic E-state index is -3.41. The van der Waals surface area contributed by atoms with Gasteiger partial charge in [-0.1, -0.05) is 6.07 Å². The summed E-state index contributed by atoms with van der Waals surface area (Å²) in [4.78, 5) is 14.6. The second-order valence-corrected chi connectivity index (χ2v) is 12.1. The van der Waals surface area contributed by atoms with Crippen molar-refractivity contribution in [2.75, 3.05) is 24.1 Å². The van der Waals surface area contributed by atoms with Gasteiger partial charge in [0.15, 0.2) is 0 Å². The summed E-state index contributed by atoms with van der Waals surface area (Å²) in [5, 5.41) is 12.2. The van der Waals surface area contributed by atoms with E-state index in [-0.39, 0.29) is 17.6 Å². The summed E-state index contributed by atoms with van der Waals surface area (Å²) >= 11 is 0. The summed E-state index contributed by atoms with van der Waals surface area (Å²) in [5.41, 5.74) is 4.27. The molecule has 36 heavy (non-hydrogen) atoms. The second-order valence-electron chi connectivity index (χ2n) is 10.4. The molecule has 0 bridgehead atoms. The molecule has 9 heteroatoms. The number of benzene rings is 2. The number of likely N-dealkylation sites (tertiary alicyclic amines) is 1. The van der Waals surface area contributed by atoms with Crippen molar-refractivity contribution in [1.29, 1.82) is 5.26 Å². The maximum absolute atomic E-state index is 12.0. The first-order valence-corrected chi connectivity index (χ1v) is 14.4. The number of amides is 1. The van der Waals surface area contributed by atoms with E-state index in [1.54, 1.807) is 18.2 Å². The van der Waals surface area contributed by atoms with E-state index >= 15 is 0 Å². The van der Waals surface area contributed by atoms with Crippen LogP contribution in [0.25, 0.3) is 0 Å². The molecule has 2 atom stereocenters. The molecule has 1 spiro atoms. The van der Waals surface area contributed by atoms with Crippen molar-refractivity contribution in [2.45, 2.75) is 63.1 Å². The second kappa shape index (κ2) is 9.41. The van der Waals surface area contributed by atoms with Gasteiger partial charge in [0.2, 0.25) is 15.9 Å². The van der Waals surface area contributed by atoms with Gasteiger partial charge in [-0.15, -0.1) is 0 Å². The number of anilines is 1. The number of carbonyl (C=O) groups is 1. The van der Waals surface area contributed by atoms with Crippen LogP contribution in [0.3, 0.4) is 0 Å². The van der Waals surface area contributed by atoms with Crippen molar-refractivity contribution in [3.8, 4) is 11.8 Å². The number of carbonyl (C=O) groups excluding carboxylic acids is 1. The molecule has 8 nitrogen and oxygen atoms in total. The number of sulfonamides is 1. The molecule has 1 saturated heterocycles. The lowest BCUT2D eigenvalue weighted by atomic mass is 9.79. The average Bonchev–Trinajstić information content (AvgIpc) is 2.83.